The summed E-state index contributed by atoms with van der Waals surface area (Å²) in [5, 5.41) is 0. The zero-order valence-corrected chi connectivity index (χ0v) is 8.38. The van der Waals surface area contributed by atoms with E-state index in [0.717, 1.165) is 25.9 Å². The Hall–Kier alpha value is -0.610. The number of carbonyl (C=O) groups is 1. The molecule has 0 saturated carbocycles. The fourth-order valence-corrected chi connectivity index (χ4v) is 1.72. The minimum atomic E-state index is -0.189. The molecule has 76 valence electrons. The molecule has 1 amide bonds. The molecule has 0 aromatic heterocycles. The van der Waals surface area contributed by atoms with Gasteiger partial charge in [0.2, 0.25) is 5.91 Å². The summed E-state index contributed by atoms with van der Waals surface area (Å²) in [6.07, 6.45) is 1.69. The van der Waals surface area contributed by atoms with Crippen LogP contribution >= 0.6 is 0 Å². The van der Waals surface area contributed by atoms with Gasteiger partial charge < -0.3 is 15.4 Å². The Morgan fingerprint density at radius 1 is 1.54 bits per heavy atom. The summed E-state index contributed by atoms with van der Waals surface area (Å²) in [6, 6.07) is 0. The van der Waals surface area contributed by atoms with E-state index in [0.29, 0.717) is 6.54 Å². The molecule has 2 N–H and O–H groups in total. The average molecular weight is 186 g/mol. The average Bonchev–Trinajstić information content (AvgIpc) is 2.18. The fraction of sp³-hybridized carbons (Fsp3) is 0.889. The van der Waals surface area contributed by atoms with Gasteiger partial charge in [0.1, 0.15) is 0 Å². The largest absolute Gasteiger partial charge is 0.377 e. The van der Waals surface area contributed by atoms with Gasteiger partial charge in [-0.05, 0) is 12.8 Å². The van der Waals surface area contributed by atoms with E-state index in [-0.39, 0.29) is 11.5 Å². The van der Waals surface area contributed by atoms with Crippen LogP contribution in [0.5, 0.6) is 0 Å². The lowest BCUT2D eigenvalue weighted by Crippen LogP contribution is -2.50. The van der Waals surface area contributed by atoms with Crippen molar-refractivity contribution in [1.82, 2.24) is 4.90 Å². The molecule has 13 heavy (non-hydrogen) atoms. The highest BCUT2D eigenvalue weighted by atomic mass is 16.5. The Morgan fingerprint density at radius 2 is 2.08 bits per heavy atom. The van der Waals surface area contributed by atoms with Gasteiger partial charge in [0.05, 0.1) is 5.60 Å². The number of ether oxygens (including phenoxy) is 1. The van der Waals surface area contributed by atoms with Gasteiger partial charge in [-0.3, -0.25) is 4.79 Å². The van der Waals surface area contributed by atoms with E-state index in [1.807, 2.05) is 4.90 Å². The number of nitrogens with two attached hydrogens (primary N) is 1. The quantitative estimate of drug-likeness (QED) is 0.659. The highest BCUT2D eigenvalue weighted by molar-refractivity contribution is 5.73. The van der Waals surface area contributed by atoms with E-state index in [2.05, 4.69) is 0 Å². The lowest BCUT2D eigenvalue weighted by atomic mass is 9.91. The number of amides is 1. The van der Waals surface area contributed by atoms with Gasteiger partial charge in [0.25, 0.3) is 0 Å². The third-order valence-corrected chi connectivity index (χ3v) is 2.93. The van der Waals surface area contributed by atoms with Crippen LogP contribution in [0.3, 0.4) is 0 Å². The van der Waals surface area contributed by atoms with Crippen molar-refractivity contribution in [1.29, 1.82) is 0 Å². The van der Waals surface area contributed by atoms with E-state index in [1.165, 1.54) is 0 Å². The lowest BCUT2D eigenvalue weighted by Gasteiger charge is -2.39. The third-order valence-electron chi connectivity index (χ3n) is 2.93. The van der Waals surface area contributed by atoms with Crippen molar-refractivity contribution in [2.24, 2.45) is 5.73 Å². The van der Waals surface area contributed by atoms with Gasteiger partial charge in [-0.2, -0.15) is 0 Å². The van der Waals surface area contributed by atoms with Crippen molar-refractivity contribution in [2.45, 2.75) is 25.4 Å². The van der Waals surface area contributed by atoms with Gasteiger partial charge in [-0.1, -0.05) is 0 Å². The smallest absolute Gasteiger partial charge is 0.219 e. The molecule has 1 saturated heterocycles. The van der Waals surface area contributed by atoms with Crippen molar-refractivity contribution in [3.05, 3.63) is 0 Å². The van der Waals surface area contributed by atoms with Crippen LogP contribution in [0.15, 0.2) is 0 Å². The SMILES string of the molecule is COC1(CN)CCN(C(C)=O)CC1. The maximum Gasteiger partial charge on any atom is 0.219 e. The Kier molecular flexibility index (Phi) is 3.27. The van der Waals surface area contributed by atoms with Crippen molar-refractivity contribution >= 4 is 5.91 Å². The molecule has 0 aliphatic carbocycles. The topological polar surface area (TPSA) is 55.6 Å². The highest BCUT2D eigenvalue weighted by Crippen LogP contribution is 2.24. The van der Waals surface area contributed by atoms with Crippen LogP contribution in [0.25, 0.3) is 0 Å². The minimum Gasteiger partial charge on any atom is -0.377 e. The molecule has 1 aliphatic heterocycles. The summed E-state index contributed by atoms with van der Waals surface area (Å²) in [5.74, 6) is 0.140. The van der Waals surface area contributed by atoms with Crippen molar-refractivity contribution in [3.8, 4) is 0 Å². The maximum absolute atomic E-state index is 11.0. The Bertz CT molecular complexity index is 180. The molecular formula is C9H18N2O2. The van der Waals surface area contributed by atoms with E-state index in [4.69, 9.17) is 10.5 Å². The molecule has 0 radical (unpaired) electrons. The van der Waals surface area contributed by atoms with Gasteiger partial charge in [0.15, 0.2) is 0 Å². The number of carbonyl (C=O) groups excluding carboxylic acids is 1. The fourth-order valence-electron chi connectivity index (χ4n) is 1.72. The summed E-state index contributed by atoms with van der Waals surface area (Å²) < 4.78 is 5.39. The van der Waals surface area contributed by atoms with Crippen LogP contribution in [-0.2, 0) is 9.53 Å². The van der Waals surface area contributed by atoms with Crippen LogP contribution in [0, 0.1) is 0 Å². The molecule has 1 aliphatic rings. The molecule has 0 aromatic rings. The summed E-state index contributed by atoms with van der Waals surface area (Å²) in [7, 11) is 1.69. The van der Waals surface area contributed by atoms with Crippen LogP contribution in [0.4, 0.5) is 0 Å². The number of hydrogen-bond acceptors (Lipinski definition) is 3. The van der Waals surface area contributed by atoms with Crippen molar-refractivity contribution in [3.63, 3.8) is 0 Å². The minimum absolute atomic E-state index is 0.140. The van der Waals surface area contributed by atoms with E-state index in [1.54, 1.807) is 14.0 Å². The molecule has 1 rings (SSSR count). The Morgan fingerprint density at radius 3 is 2.38 bits per heavy atom. The van der Waals surface area contributed by atoms with Gasteiger partial charge >= 0.3 is 0 Å². The molecule has 1 heterocycles. The highest BCUT2D eigenvalue weighted by Gasteiger charge is 2.33. The van der Waals surface area contributed by atoms with E-state index < -0.39 is 0 Å². The molecule has 0 aromatic carbocycles. The Balaban J connectivity index is 2.50. The molecule has 0 atom stereocenters. The maximum atomic E-state index is 11.0. The standard InChI is InChI=1S/C9H18N2O2/c1-8(12)11-5-3-9(7-10,13-2)4-6-11/h3-7,10H2,1-2H3. The number of likely N-dealkylation sites (tertiary alicyclic amines) is 1. The lowest BCUT2D eigenvalue weighted by molar-refractivity contribution is -0.134. The molecule has 0 spiro atoms. The number of rotatable bonds is 2. The first-order chi connectivity index (χ1) is 6.13. The second-order valence-corrected chi connectivity index (χ2v) is 3.60. The van der Waals surface area contributed by atoms with Crippen LogP contribution in [0.1, 0.15) is 19.8 Å². The van der Waals surface area contributed by atoms with Crippen LogP contribution in [0.2, 0.25) is 0 Å². The molecule has 0 bridgehead atoms. The zero-order chi connectivity index (χ0) is 9.90. The molecule has 4 nitrogen and oxygen atoms in total. The van der Waals surface area contributed by atoms with Crippen LogP contribution in [-0.4, -0.2) is 43.2 Å². The third kappa shape index (κ3) is 2.19. The second kappa shape index (κ2) is 4.07. The summed E-state index contributed by atoms with van der Waals surface area (Å²) in [4.78, 5) is 12.9. The molecular weight excluding hydrogens is 168 g/mol. The summed E-state index contributed by atoms with van der Waals surface area (Å²) >= 11 is 0. The van der Waals surface area contributed by atoms with Gasteiger partial charge in [-0.25, -0.2) is 0 Å². The number of methoxy groups -OCH3 is 1. The van der Waals surface area contributed by atoms with Gasteiger partial charge in [-0.15, -0.1) is 0 Å². The second-order valence-electron chi connectivity index (χ2n) is 3.60. The van der Waals surface area contributed by atoms with Crippen molar-refractivity contribution < 1.29 is 9.53 Å². The van der Waals surface area contributed by atoms with E-state index in [9.17, 15) is 4.79 Å². The monoisotopic (exact) mass is 186 g/mol. The number of piperidine rings is 1. The summed E-state index contributed by atoms with van der Waals surface area (Å²) in [6.45, 7) is 3.66. The molecule has 0 unspecified atom stereocenters. The molecule has 4 heteroatoms. The zero-order valence-electron chi connectivity index (χ0n) is 8.38. The molecule has 1 fully saturated rings. The predicted molar refractivity (Wildman–Crippen MR) is 50.3 cm³/mol. The first-order valence-electron chi connectivity index (χ1n) is 4.64. The van der Waals surface area contributed by atoms with Gasteiger partial charge in [0, 0.05) is 33.7 Å². The Labute approximate surface area is 79.0 Å². The number of hydrogen-bond donors (Lipinski definition) is 1. The first-order valence-corrected chi connectivity index (χ1v) is 4.64. The first kappa shape index (κ1) is 10.5. The number of nitrogens with zero attached hydrogens (tertiary/aromatic N) is 1. The van der Waals surface area contributed by atoms with Crippen LogP contribution < -0.4 is 5.73 Å². The van der Waals surface area contributed by atoms with E-state index >= 15 is 0 Å². The normalized spacial score (nSPS) is 21.6. The summed E-state index contributed by atoms with van der Waals surface area (Å²) in [5.41, 5.74) is 5.45. The predicted octanol–water partition coefficient (Wildman–Crippen LogP) is -0.0274. The van der Waals surface area contributed by atoms with Crippen molar-refractivity contribution in [2.75, 3.05) is 26.7 Å².